The number of methoxy groups -OCH3 is 1. The maximum Gasteiger partial charge on any atom is 0.126 e. The lowest BCUT2D eigenvalue weighted by atomic mass is 9.83. The van der Waals surface area contributed by atoms with Gasteiger partial charge in [0.05, 0.1) is 7.11 Å². The van der Waals surface area contributed by atoms with Crippen LogP contribution in [0, 0.1) is 32.5 Å². The summed E-state index contributed by atoms with van der Waals surface area (Å²) in [4.78, 5) is 2.34. The molecule has 0 radical (unpaired) electrons. The molecule has 0 N–H and O–H groups in total. The van der Waals surface area contributed by atoms with Crippen LogP contribution in [-0.2, 0) is 0 Å². The van der Waals surface area contributed by atoms with E-state index in [-0.39, 0.29) is 11.9 Å². The normalized spacial score (nSPS) is 20.4. The van der Waals surface area contributed by atoms with Crippen LogP contribution in [-0.4, -0.2) is 18.1 Å². The van der Waals surface area contributed by atoms with E-state index in [1.807, 2.05) is 19.1 Å². The van der Waals surface area contributed by atoms with Gasteiger partial charge in [-0.1, -0.05) is 43.4 Å². The second-order valence-electron chi connectivity index (χ2n) is 9.78. The van der Waals surface area contributed by atoms with Gasteiger partial charge in [0.2, 0.25) is 0 Å². The fourth-order valence-corrected chi connectivity index (χ4v) is 4.98. The Bertz CT molecular complexity index is 1290. The minimum absolute atomic E-state index is 0.159. The third kappa shape index (κ3) is 4.91. The monoisotopic (exact) mass is 469 g/mol. The van der Waals surface area contributed by atoms with Crippen LogP contribution in [0.15, 0.2) is 78.1 Å². The molecule has 1 aliphatic carbocycles. The molecule has 0 saturated heterocycles. The maximum atomic E-state index is 14.0. The first-order chi connectivity index (χ1) is 16.7. The molecule has 1 heterocycles. The maximum absolute atomic E-state index is 14.0. The molecule has 0 aromatic heterocycles. The number of aryl methyl sites for hydroxylation is 2. The Morgan fingerprint density at radius 2 is 1.80 bits per heavy atom. The van der Waals surface area contributed by atoms with Crippen molar-refractivity contribution in [2.24, 2.45) is 5.92 Å². The molecule has 2 atom stereocenters. The molecule has 2 aromatic carbocycles. The molecule has 2 unspecified atom stereocenters. The van der Waals surface area contributed by atoms with Gasteiger partial charge in [-0.25, -0.2) is 4.39 Å². The summed E-state index contributed by atoms with van der Waals surface area (Å²) in [7, 11) is 1.73. The van der Waals surface area contributed by atoms with Gasteiger partial charge in [-0.15, -0.1) is 0 Å². The standard InChI is InChI=1S/C32H36FNO/c1-8-31(27-16-21(3)24(6)32(18-27)35-7)34-19-26(11-10-23(34)5)28-13-9-20(2)15-29(28)25-12-14-30(33)22(4)17-25/h8-14,16-20,23H,15H2,1-7H3/b31-8-. The fourth-order valence-electron chi connectivity index (χ4n) is 4.98. The van der Waals surface area contributed by atoms with Gasteiger partial charge in [-0.2, -0.15) is 0 Å². The highest BCUT2D eigenvalue weighted by atomic mass is 19.1. The SMILES string of the molecule is C/C=C(/c1cc(C)c(C)c(OC)c1)N1C=C(C2=C(c3ccc(F)c(C)c3)CC(C)C=C2)C=CC1C. The predicted molar refractivity (Wildman–Crippen MR) is 146 cm³/mol. The molecular formula is C32H36FNO. The van der Waals surface area contributed by atoms with Crippen LogP contribution < -0.4 is 4.74 Å². The van der Waals surface area contributed by atoms with Crippen LogP contribution in [0.1, 0.15) is 55.0 Å². The third-order valence-electron chi connectivity index (χ3n) is 7.22. The summed E-state index contributed by atoms with van der Waals surface area (Å²) >= 11 is 0. The van der Waals surface area contributed by atoms with E-state index in [2.05, 4.69) is 88.2 Å². The summed E-state index contributed by atoms with van der Waals surface area (Å²) in [5.41, 5.74) is 10.1. The molecule has 2 nitrogen and oxygen atoms in total. The number of benzene rings is 2. The number of ether oxygens (including phenoxy) is 1. The van der Waals surface area contributed by atoms with Gasteiger partial charge in [0, 0.05) is 23.5 Å². The number of nitrogens with zero attached hydrogens (tertiary/aromatic N) is 1. The molecule has 0 saturated carbocycles. The Morgan fingerprint density at radius 1 is 1.03 bits per heavy atom. The van der Waals surface area contributed by atoms with Crippen molar-refractivity contribution in [2.75, 3.05) is 7.11 Å². The van der Waals surface area contributed by atoms with Crippen molar-refractivity contribution >= 4 is 11.3 Å². The molecule has 3 heteroatoms. The molecule has 4 rings (SSSR count). The van der Waals surface area contributed by atoms with Crippen LogP contribution in [0.4, 0.5) is 4.39 Å². The Kier molecular flexibility index (Phi) is 7.16. The van der Waals surface area contributed by atoms with Crippen molar-refractivity contribution in [1.82, 2.24) is 4.90 Å². The van der Waals surface area contributed by atoms with E-state index in [0.29, 0.717) is 11.5 Å². The zero-order valence-electron chi connectivity index (χ0n) is 21.9. The van der Waals surface area contributed by atoms with Crippen molar-refractivity contribution in [3.05, 3.63) is 112 Å². The molecule has 2 aromatic rings. The van der Waals surface area contributed by atoms with Crippen molar-refractivity contribution in [3.63, 3.8) is 0 Å². The van der Waals surface area contributed by atoms with Gasteiger partial charge < -0.3 is 9.64 Å². The molecule has 182 valence electrons. The highest BCUT2D eigenvalue weighted by Crippen LogP contribution is 2.38. The summed E-state index contributed by atoms with van der Waals surface area (Å²) in [6, 6.07) is 10.0. The topological polar surface area (TPSA) is 12.5 Å². The first kappa shape index (κ1) is 24.8. The number of allylic oxidation sites excluding steroid dienone is 7. The summed E-state index contributed by atoms with van der Waals surface area (Å²) in [6.45, 7) is 12.6. The second kappa shape index (κ2) is 10.1. The van der Waals surface area contributed by atoms with E-state index in [4.69, 9.17) is 4.74 Å². The van der Waals surface area contributed by atoms with E-state index < -0.39 is 0 Å². The first-order valence-corrected chi connectivity index (χ1v) is 12.4. The Morgan fingerprint density at radius 3 is 2.49 bits per heavy atom. The van der Waals surface area contributed by atoms with Gasteiger partial charge in [-0.3, -0.25) is 0 Å². The Hall–Kier alpha value is -3.33. The van der Waals surface area contributed by atoms with Crippen LogP contribution in [0.3, 0.4) is 0 Å². The molecule has 0 bridgehead atoms. The molecule has 0 fully saturated rings. The van der Waals surface area contributed by atoms with Crippen LogP contribution >= 0.6 is 0 Å². The Balaban J connectivity index is 1.81. The largest absolute Gasteiger partial charge is 0.496 e. The lowest BCUT2D eigenvalue weighted by Crippen LogP contribution is -2.28. The zero-order valence-corrected chi connectivity index (χ0v) is 21.9. The minimum Gasteiger partial charge on any atom is -0.496 e. The summed E-state index contributed by atoms with van der Waals surface area (Å²) in [5.74, 6) is 1.19. The van der Waals surface area contributed by atoms with Gasteiger partial charge >= 0.3 is 0 Å². The van der Waals surface area contributed by atoms with E-state index in [0.717, 1.165) is 29.0 Å². The Labute approximate surface area is 209 Å². The van der Waals surface area contributed by atoms with E-state index in [1.165, 1.54) is 27.8 Å². The molecular weight excluding hydrogens is 433 g/mol. The highest BCUT2D eigenvalue weighted by molar-refractivity contribution is 5.79. The lowest BCUT2D eigenvalue weighted by Gasteiger charge is -2.33. The first-order valence-electron chi connectivity index (χ1n) is 12.4. The molecule has 0 amide bonds. The summed E-state index contributed by atoms with van der Waals surface area (Å²) < 4.78 is 19.7. The van der Waals surface area contributed by atoms with E-state index in [9.17, 15) is 4.39 Å². The van der Waals surface area contributed by atoms with Gasteiger partial charge in [0.15, 0.2) is 0 Å². The number of rotatable bonds is 5. The number of hydrogen-bond acceptors (Lipinski definition) is 2. The van der Waals surface area contributed by atoms with E-state index >= 15 is 0 Å². The smallest absolute Gasteiger partial charge is 0.126 e. The zero-order chi connectivity index (χ0) is 25.3. The summed E-state index contributed by atoms with van der Waals surface area (Å²) in [6.07, 6.45) is 14.4. The predicted octanol–water partition coefficient (Wildman–Crippen LogP) is 8.31. The highest BCUT2D eigenvalue weighted by Gasteiger charge is 2.23. The van der Waals surface area contributed by atoms with Crippen molar-refractivity contribution < 1.29 is 9.13 Å². The second-order valence-corrected chi connectivity index (χ2v) is 9.78. The third-order valence-corrected chi connectivity index (χ3v) is 7.22. The van der Waals surface area contributed by atoms with Crippen molar-refractivity contribution in [3.8, 4) is 5.75 Å². The molecule has 2 aliphatic rings. The number of hydrogen-bond donors (Lipinski definition) is 0. The molecule has 35 heavy (non-hydrogen) atoms. The fraction of sp³-hybridized carbons (Fsp3) is 0.312. The van der Waals surface area contributed by atoms with Crippen LogP contribution in [0.25, 0.3) is 11.3 Å². The van der Waals surface area contributed by atoms with E-state index in [1.54, 1.807) is 13.2 Å². The lowest BCUT2D eigenvalue weighted by molar-refractivity contribution is 0.410. The van der Waals surface area contributed by atoms with Crippen molar-refractivity contribution in [1.29, 1.82) is 0 Å². The van der Waals surface area contributed by atoms with Crippen LogP contribution in [0.5, 0.6) is 5.75 Å². The molecule has 0 spiro atoms. The van der Waals surface area contributed by atoms with Crippen LogP contribution in [0.2, 0.25) is 0 Å². The van der Waals surface area contributed by atoms with Crippen molar-refractivity contribution in [2.45, 2.75) is 54.0 Å². The van der Waals surface area contributed by atoms with Gasteiger partial charge in [-0.05, 0) is 110 Å². The molecule has 1 aliphatic heterocycles. The summed E-state index contributed by atoms with van der Waals surface area (Å²) in [5, 5.41) is 0. The minimum atomic E-state index is -0.159. The van der Waals surface area contributed by atoms with Gasteiger partial charge in [0.1, 0.15) is 11.6 Å². The number of halogens is 1. The average molecular weight is 470 g/mol. The van der Waals surface area contributed by atoms with Gasteiger partial charge in [0.25, 0.3) is 0 Å². The quantitative estimate of drug-likeness (QED) is 0.436. The average Bonchev–Trinajstić information content (AvgIpc) is 2.84.